The van der Waals surface area contributed by atoms with Gasteiger partial charge in [0.05, 0.1) is 0 Å². The van der Waals surface area contributed by atoms with Gasteiger partial charge in [-0.15, -0.1) is 0 Å². The summed E-state index contributed by atoms with van der Waals surface area (Å²) in [7, 11) is 0. The Morgan fingerprint density at radius 1 is 1.00 bits per heavy atom. The van der Waals surface area contributed by atoms with E-state index in [1.165, 1.54) is 11.8 Å². The predicted octanol–water partition coefficient (Wildman–Crippen LogP) is 3.65. The lowest BCUT2D eigenvalue weighted by Gasteiger charge is -2.16. The second-order valence-corrected chi connectivity index (χ2v) is 8.95. The largest absolute Gasteiger partial charge is 0.352 e. The molecular weight excluding hydrogens is 410 g/mol. The highest BCUT2D eigenvalue weighted by Gasteiger charge is 2.21. The van der Waals surface area contributed by atoms with Crippen LogP contribution in [0.1, 0.15) is 30.4 Å². The lowest BCUT2D eigenvalue weighted by Crippen LogP contribution is -2.30. The van der Waals surface area contributed by atoms with Crippen molar-refractivity contribution in [1.82, 2.24) is 15.1 Å². The molecule has 162 valence electrons. The quantitative estimate of drug-likeness (QED) is 0.684. The van der Waals surface area contributed by atoms with E-state index in [1.54, 1.807) is 4.90 Å². The van der Waals surface area contributed by atoms with E-state index in [9.17, 15) is 14.4 Å². The summed E-state index contributed by atoms with van der Waals surface area (Å²) in [6.45, 7) is 3.15. The van der Waals surface area contributed by atoms with Crippen LogP contribution in [0.15, 0.2) is 48.5 Å². The van der Waals surface area contributed by atoms with Crippen molar-refractivity contribution in [3.8, 4) is 11.1 Å². The van der Waals surface area contributed by atoms with Crippen LogP contribution in [0.3, 0.4) is 0 Å². The molecule has 2 saturated heterocycles. The maximum Gasteiger partial charge on any atom is 0.281 e. The van der Waals surface area contributed by atoms with Crippen LogP contribution < -0.4 is 5.32 Å². The Morgan fingerprint density at radius 2 is 1.81 bits per heavy atom. The fourth-order valence-electron chi connectivity index (χ4n) is 3.98. The molecule has 2 heterocycles. The van der Waals surface area contributed by atoms with Gasteiger partial charge in [-0.1, -0.05) is 60.3 Å². The molecule has 2 aliphatic rings. The van der Waals surface area contributed by atoms with Crippen molar-refractivity contribution < 1.29 is 14.4 Å². The average Bonchev–Trinajstić information content (AvgIpc) is 3.39. The number of hydrogen-bond acceptors (Lipinski definition) is 4. The summed E-state index contributed by atoms with van der Waals surface area (Å²) in [6.07, 6.45) is 1.92. The van der Waals surface area contributed by atoms with Crippen molar-refractivity contribution in [3.63, 3.8) is 0 Å². The molecule has 2 fully saturated rings. The molecule has 2 aromatic rings. The SMILES string of the molecule is O=C(CCN1CCSC1=O)NCc1ccccc1-c1ccc(CN2CCCC2=O)cc1. The lowest BCUT2D eigenvalue weighted by molar-refractivity contribution is -0.128. The Bertz CT molecular complexity index is 961. The van der Waals surface area contributed by atoms with Gasteiger partial charge in [0.1, 0.15) is 0 Å². The second-order valence-electron chi connectivity index (χ2n) is 7.90. The van der Waals surface area contributed by atoms with E-state index in [-0.39, 0.29) is 17.1 Å². The summed E-state index contributed by atoms with van der Waals surface area (Å²) in [5.74, 6) is 0.990. The number of carbonyl (C=O) groups excluding carboxylic acids is 3. The molecule has 0 atom stereocenters. The summed E-state index contributed by atoms with van der Waals surface area (Å²) in [6, 6.07) is 16.3. The average molecular weight is 438 g/mol. The molecule has 0 spiro atoms. The van der Waals surface area contributed by atoms with Gasteiger partial charge >= 0.3 is 0 Å². The van der Waals surface area contributed by atoms with Gasteiger partial charge < -0.3 is 15.1 Å². The molecule has 0 saturated carbocycles. The van der Waals surface area contributed by atoms with Crippen molar-refractivity contribution in [2.45, 2.75) is 32.4 Å². The Labute approximate surface area is 187 Å². The Morgan fingerprint density at radius 3 is 2.52 bits per heavy atom. The predicted molar refractivity (Wildman–Crippen MR) is 122 cm³/mol. The minimum atomic E-state index is -0.0508. The summed E-state index contributed by atoms with van der Waals surface area (Å²) < 4.78 is 0. The third-order valence-corrected chi connectivity index (χ3v) is 6.65. The molecule has 0 aromatic heterocycles. The molecule has 0 bridgehead atoms. The van der Waals surface area contributed by atoms with Crippen molar-refractivity contribution in [2.75, 3.05) is 25.4 Å². The Balaban J connectivity index is 1.35. The van der Waals surface area contributed by atoms with Gasteiger partial charge in [-0.25, -0.2) is 0 Å². The van der Waals surface area contributed by atoms with Gasteiger partial charge in [-0.2, -0.15) is 0 Å². The van der Waals surface area contributed by atoms with E-state index >= 15 is 0 Å². The molecular formula is C24H27N3O3S. The van der Waals surface area contributed by atoms with Crippen LogP contribution in [0, 0.1) is 0 Å². The van der Waals surface area contributed by atoms with Crippen molar-refractivity contribution in [1.29, 1.82) is 0 Å². The number of nitrogens with one attached hydrogen (secondary N) is 1. The molecule has 0 aliphatic carbocycles. The van der Waals surface area contributed by atoms with E-state index in [1.807, 2.05) is 23.1 Å². The maximum absolute atomic E-state index is 12.3. The highest BCUT2D eigenvalue weighted by atomic mass is 32.2. The number of nitrogens with zero attached hydrogens (tertiary/aromatic N) is 2. The summed E-state index contributed by atoms with van der Waals surface area (Å²) in [5, 5.41) is 3.05. The van der Waals surface area contributed by atoms with Gasteiger partial charge in [0.2, 0.25) is 11.8 Å². The number of likely N-dealkylation sites (tertiary alicyclic amines) is 1. The summed E-state index contributed by atoms with van der Waals surface area (Å²) >= 11 is 1.31. The van der Waals surface area contributed by atoms with E-state index < -0.39 is 0 Å². The van der Waals surface area contributed by atoms with E-state index in [0.717, 1.165) is 47.5 Å². The van der Waals surface area contributed by atoms with Gasteiger partial charge in [0.15, 0.2) is 0 Å². The molecule has 0 radical (unpaired) electrons. The van der Waals surface area contributed by atoms with Crippen LogP contribution in [-0.2, 0) is 22.7 Å². The molecule has 3 amide bonds. The monoisotopic (exact) mass is 437 g/mol. The van der Waals surface area contributed by atoms with Crippen LogP contribution in [0.5, 0.6) is 0 Å². The topological polar surface area (TPSA) is 69.7 Å². The standard InChI is InChI=1S/C24H27N3O3S/c28-22(11-13-26-14-15-31-24(26)30)25-16-20-4-1-2-5-21(20)19-9-7-18(8-10-19)17-27-12-3-6-23(27)29/h1-2,4-5,7-10H,3,6,11-17H2,(H,25,28). The Hall–Kier alpha value is -2.80. The van der Waals surface area contributed by atoms with Gasteiger partial charge in [0.25, 0.3) is 5.24 Å². The van der Waals surface area contributed by atoms with E-state index in [4.69, 9.17) is 0 Å². The molecule has 2 aromatic carbocycles. The van der Waals surface area contributed by atoms with E-state index in [2.05, 4.69) is 35.6 Å². The number of carbonyl (C=O) groups is 3. The molecule has 0 unspecified atom stereocenters. The van der Waals surface area contributed by atoms with Crippen molar-refractivity contribution >= 4 is 28.8 Å². The zero-order valence-electron chi connectivity index (χ0n) is 17.5. The normalized spacial score (nSPS) is 16.3. The van der Waals surface area contributed by atoms with Crippen LogP contribution >= 0.6 is 11.8 Å². The number of amides is 3. The number of hydrogen-bond donors (Lipinski definition) is 1. The molecule has 1 N–H and O–H groups in total. The number of thioether (sulfide) groups is 1. The first-order valence-electron chi connectivity index (χ1n) is 10.7. The molecule has 2 aliphatic heterocycles. The zero-order valence-corrected chi connectivity index (χ0v) is 18.3. The highest BCUT2D eigenvalue weighted by Crippen LogP contribution is 2.25. The molecule has 31 heavy (non-hydrogen) atoms. The Kier molecular flexibility index (Phi) is 6.92. The maximum atomic E-state index is 12.3. The highest BCUT2D eigenvalue weighted by molar-refractivity contribution is 8.13. The second kappa shape index (κ2) is 10.0. The van der Waals surface area contributed by atoms with Gasteiger partial charge in [0, 0.05) is 51.3 Å². The van der Waals surface area contributed by atoms with Gasteiger partial charge in [-0.05, 0) is 28.7 Å². The van der Waals surface area contributed by atoms with E-state index in [0.29, 0.717) is 32.5 Å². The molecule has 4 rings (SSSR count). The first kappa shape index (κ1) is 21.4. The van der Waals surface area contributed by atoms with Crippen LogP contribution in [-0.4, -0.2) is 52.2 Å². The minimum Gasteiger partial charge on any atom is -0.352 e. The first-order chi connectivity index (χ1) is 15.1. The van der Waals surface area contributed by atoms with Crippen molar-refractivity contribution in [3.05, 3.63) is 59.7 Å². The molecule has 7 heteroatoms. The van der Waals surface area contributed by atoms with Gasteiger partial charge in [-0.3, -0.25) is 14.4 Å². The molecule has 6 nitrogen and oxygen atoms in total. The first-order valence-corrected chi connectivity index (χ1v) is 11.7. The number of rotatable bonds is 8. The van der Waals surface area contributed by atoms with Crippen LogP contribution in [0.4, 0.5) is 4.79 Å². The third-order valence-electron chi connectivity index (χ3n) is 5.76. The van der Waals surface area contributed by atoms with Crippen molar-refractivity contribution in [2.24, 2.45) is 0 Å². The fourth-order valence-corrected chi connectivity index (χ4v) is 4.84. The number of benzene rings is 2. The lowest BCUT2D eigenvalue weighted by atomic mass is 9.98. The van der Waals surface area contributed by atoms with Crippen LogP contribution in [0.25, 0.3) is 11.1 Å². The smallest absolute Gasteiger partial charge is 0.281 e. The summed E-state index contributed by atoms with van der Waals surface area (Å²) in [5.41, 5.74) is 4.34. The third kappa shape index (κ3) is 5.47. The minimum absolute atomic E-state index is 0.0508. The fraction of sp³-hybridized carbons (Fsp3) is 0.375. The zero-order chi connectivity index (χ0) is 21.6. The van der Waals surface area contributed by atoms with Crippen LogP contribution in [0.2, 0.25) is 0 Å². The summed E-state index contributed by atoms with van der Waals surface area (Å²) in [4.78, 5) is 39.4.